The zero-order valence-corrected chi connectivity index (χ0v) is 13.4. The normalized spacial score (nSPS) is 12.9. The van der Waals surface area contributed by atoms with Gasteiger partial charge in [0, 0.05) is 0 Å². The number of hydrogen-bond donors (Lipinski definition) is 0. The molecule has 0 saturated heterocycles. The summed E-state index contributed by atoms with van der Waals surface area (Å²) >= 11 is 0. The lowest BCUT2D eigenvalue weighted by Gasteiger charge is -2.19. The van der Waals surface area contributed by atoms with Crippen LogP contribution in [0.25, 0.3) is 0 Å². The molecule has 0 N–H and O–H groups in total. The van der Waals surface area contributed by atoms with Gasteiger partial charge in [-0.2, -0.15) is 0 Å². The van der Waals surface area contributed by atoms with Crippen molar-refractivity contribution in [2.45, 2.75) is 58.8 Å². The van der Waals surface area contributed by atoms with Crippen LogP contribution in [0.1, 0.15) is 52.6 Å². The fourth-order valence-electron chi connectivity index (χ4n) is 3.29. The van der Waals surface area contributed by atoms with E-state index in [0.29, 0.717) is 0 Å². The molecule has 0 radical (unpaired) electrons. The van der Waals surface area contributed by atoms with E-state index >= 15 is 0 Å². The Hall–Kier alpha value is -1.56. The third kappa shape index (κ3) is 3.56. The molecule has 2 aromatic rings. The van der Waals surface area contributed by atoms with Gasteiger partial charge in [-0.1, -0.05) is 48.4 Å². The number of fused-ring (bicyclic) bond motifs is 1. The van der Waals surface area contributed by atoms with Crippen LogP contribution < -0.4 is 0 Å². The largest absolute Gasteiger partial charge is 0.0590 e. The zero-order chi connectivity index (χ0) is 14.7. The van der Waals surface area contributed by atoms with E-state index in [1.54, 1.807) is 16.7 Å². The standard InChI is InChI=1S/C21H26/c1-16-8-9-17(2)20(14-16)7-5-3-4-6-18-10-11-19-12-13-21(19)15-18/h8-11,14-15H,3-7,12-13H2,1-2H3. The average molecular weight is 278 g/mol. The van der Waals surface area contributed by atoms with Gasteiger partial charge in [-0.05, 0) is 80.2 Å². The molecule has 0 nitrogen and oxygen atoms in total. The summed E-state index contributed by atoms with van der Waals surface area (Å²) in [5, 5.41) is 0. The minimum absolute atomic E-state index is 1.23. The molecule has 0 unspecified atom stereocenters. The Morgan fingerprint density at radius 3 is 2.33 bits per heavy atom. The summed E-state index contributed by atoms with van der Waals surface area (Å²) in [4.78, 5) is 0. The van der Waals surface area contributed by atoms with E-state index in [1.807, 2.05) is 0 Å². The number of rotatable bonds is 6. The second kappa shape index (κ2) is 6.47. The molecular formula is C21H26. The van der Waals surface area contributed by atoms with Gasteiger partial charge in [0.25, 0.3) is 0 Å². The third-order valence-electron chi connectivity index (χ3n) is 4.85. The summed E-state index contributed by atoms with van der Waals surface area (Å²) in [6.45, 7) is 4.42. The first-order valence-corrected chi connectivity index (χ1v) is 8.39. The van der Waals surface area contributed by atoms with E-state index in [2.05, 4.69) is 50.2 Å². The van der Waals surface area contributed by atoms with Crippen LogP contribution in [0, 0.1) is 13.8 Å². The Bertz CT molecular complexity index is 622. The van der Waals surface area contributed by atoms with Crippen LogP contribution in [0.5, 0.6) is 0 Å². The molecule has 21 heavy (non-hydrogen) atoms. The number of hydrogen-bond acceptors (Lipinski definition) is 0. The second-order valence-corrected chi connectivity index (χ2v) is 6.59. The van der Waals surface area contributed by atoms with Gasteiger partial charge in [-0.3, -0.25) is 0 Å². The van der Waals surface area contributed by atoms with E-state index in [0.717, 1.165) is 0 Å². The summed E-state index contributed by atoms with van der Waals surface area (Å²) < 4.78 is 0. The smallest absolute Gasteiger partial charge is 0.0235 e. The van der Waals surface area contributed by atoms with Crippen molar-refractivity contribution in [2.24, 2.45) is 0 Å². The fraction of sp³-hybridized carbons (Fsp3) is 0.429. The van der Waals surface area contributed by atoms with Gasteiger partial charge in [-0.15, -0.1) is 0 Å². The Morgan fingerprint density at radius 1 is 0.762 bits per heavy atom. The molecule has 0 atom stereocenters. The maximum Gasteiger partial charge on any atom is -0.0235 e. The molecule has 0 heteroatoms. The predicted molar refractivity (Wildman–Crippen MR) is 91.0 cm³/mol. The molecule has 0 heterocycles. The zero-order valence-electron chi connectivity index (χ0n) is 13.4. The quantitative estimate of drug-likeness (QED) is 0.624. The number of benzene rings is 2. The summed E-state index contributed by atoms with van der Waals surface area (Å²) in [5.41, 5.74) is 9.09. The van der Waals surface area contributed by atoms with Crippen molar-refractivity contribution >= 4 is 0 Å². The lowest BCUT2D eigenvalue weighted by molar-refractivity contribution is 0.675. The van der Waals surface area contributed by atoms with Crippen molar-refractivity contribution in [3.8, 4) is 0 Å². The Kier molecular flexibility index (Phi) is 4.43. The molecule has 0 bridgehead atoms. The minimum Gasteiger partial charge on any atom is -0.0590 e. The molecule has 0 saturated carbocycles. The predicted octanol–water partition coefficient (Wildman–Crippen LogP) is 5.36. The highest BCUT2D eigenvalue weighted by molar-refractivity contribution is 5.38. The van der Waals surface area contributed by atoms with Gasteiger partial charge in [-0.25, -0.2) is 0 Å². The van der Waals surface area contributed by atoms with E-state index in [4.69, 9.17) is 0 Å². The second-order valence-electron chi connectivity index (χ2n) is 6.59. The maximum atomic E-state index is 2.43. The lowest BCUT2D eigenvalue weighted by Crippen LogP contribution is -2.08. The van der Waals surface area contributed by atoms with Crippen molar-refractivity contribution in [1.29, 1.82) is 0 Å². The van der Waals surface area contributed by atoms with Crippen molar-refractivity contribution < 1.29 is 0 Å². The molecule has 2 aromatic carbocycles. The summed E-state index contributed by atoms with van der Waals surface area (Å²) in [7, 11) is 0. The van der Waals surface area contributed by atoms with E-state index in [1.165, 1.54) is 61.6 Å². The number of unbranched alkanes of at least 4 members (excludes halogenated alkanes) is 2. The Labute approximate surface area is 129 Å². The molecule has 0 aliphatic heterocycles. The number of aryl methyl sites for hydroxylation is 6. The van der Waals surface area contributed by atoms with Crippen LogP contribution >= 0.6 is 0 Å². The highest BCUT2D eigenvalue weighted by Gasteiger charge is 2.12. The van der Waals surface area contributed by atoms with Gasteiger partial charge >= 0.3 is 0 Å². The average Bonchev–Trinajstić information content (AvgIpc) is 2.45. The molecule has 1 aliphatic carbocycles. The highest BCUT2D eigenvalue weighted by Crippen LogP contribution is 2.24. The first-order chi connectivity index (χ1) is 10.2. The molecule has 1 aliphatic rings. The molecule has 0 aromatic heterocycles. The molecular weight excluding hydrogens is 252 g/mol. The molecule has 3 rings (SSSR count). The van der Waals surface area contributed by atoms with E-state index < -0.39 is 0 Å². The van der Waals surface area contributed by atoms with Crippen LogP contribution in [0.2, 0.25) is 0 Å². The first-order valence-electron chi connectivity index (χ1n) is 8.39. The van der Waals surface area contributed by atoms with Crippen molar-refractivity contribution in [3.63, 3.8) is 0 Å². The first kappa shape index (κ1) is 14.4. The van der Waals surface area contributed by atoms with Gasteiger partial charge in [0.15, 0.2) is 0 Å². The summed E-state index contributed by atoms with van der Waals surface area (Å²) in [5.74, 6) is 0. The Morgan fingerprint density at radius 2 is 1.57 bits per heavy atom. The van der Waals surface area contributed by atoms with Crippen LogP contribution in [0.15, 0.2) is 36.4 Å². The Balaban J connectivity index is 1.42. The van der Waals surface area contributed by atoms with Gasteiger partial charge in [0.05, 0.1) is 0 Å². The van der Waals surface area contributed by atoms with Crippen LogP contribution in [0.4, 0.5) is 0 Å². The van der Waals surface area contributed by atoms with Crippen molar-refractivity contribution in [1.82, 2.24) is 0 Å². The van der Waals surface area contributed by atoms with Crippen LogP contribution in [-0.4, -0.2) is 0 Å². The SMILES string of the molecule is Cc1ccc(C)c(CCCCCc2ccc3c(c2)CC3)c1. The monoisotopic (exact) mass is 278 g/mol. The minimum atomic E-state index is 1.23. The van der Waals surface area contributed by atoms with E-state index in [-0.39, 0.29) is 0 Å². The van der Waals surface area contributed by atoms with Crippen molar-refractivity contribution in [2.75, 3.05) is 0 Å². The summed E-state index contributed by atoms with van der Waals surface area (Å²) in [6, 6.07) is 13.9. The topological polar surface area (TPSA) is 0 Å². The maximum absolute atomic E-state index is 2.43. The molecule has 110 valence electrons. The van der Waals surface area contributed by atoms with Gasteiger partial charge < -0.3 is 0 Å². The van der Waals surface area contributed by atoms with Crippen LogP contribution in [-0.2, 0) is 25.7 Å². The third-order valence-corrected chi connectivity index (χ3v) is 4.85. The van der Waals surface area contributed by atoms with Gasteiger partial charge in [0.1, 0.15) is 0 Å². The van der Waals surface area contributed by atoms with E-state index in [9.17, 15) is 0 Å². The molecule has 0 spiro atoms. The molecule has 0 amide bonds. The van der Waals surface area contributed by atoms with Gasteiger partial charge in [0.2, 0.25) is 0 Å². The summed E-state index contributed by atoms with van der Waals surface area (Å²) in [6.07, 6.45) is 9.06. The van der Waals surface area contributed by atoms with Crippen molar-refractivity contribution in [3.05, 3.63) is 69.8 Å². The van der Waals surface area contributed by atoms with Crippen LogP contribution in [0.3, 0.4) is 0 Å². The highest BCUT2D eigenvalue weighted by atomic mass is 14.2. The fourth-order valence-corrected chi connectivity index (χ4v) is 3.29. The lowest BCUT2D eigenvalue weighted by atomic mass is 9.86. The molecule has 0 fully saturated rings.